The van der Waals surface area contributed by atoms with Crippen molar-refractivity contribution in [2.24, 2.45) is 5.92 Å². The molecule has 4 rings (SSSR count). The number of nitrogens with zero attached hydrogens (tertiary/aromatic N) is 1. The summed E-state index contributed by atoms with van der Waals surface area (Å²) >= 11 is 0. The predicted molar refractivity (Wildman–Crippen MR) is 87.4 cm³/mol. The monoisotopic (exact) mass is 284 g/mol. The van der Waals surface area contributed by atoms with Gasteiger partial charge in [-0.05, 0) is 62.2 Å². The summed E-state index contributed by atoms with van der Waals surface area (Å²) in [4.78, 5) is 2.82. The summed E-state index contributed by atoms with van der Waals surface area (Å²) in [5.74, 6) is 0.992. The lowest BCUT2D eigenvalue weighted by molar-refractivity contribution is 0.171. The fraction of sp³-hybridized carbons (Fsp3) is 0.684. The van der Waals surface area contributed by atoms with Gasteiger partial charge in [-0.1, -0.05) is 37.1 Å². The molecule has 2 heteroatoms. The Balaban J connectivity index is 1.48. The summed E-state index contributed by atoms with van der Waals surface area (Å²) in [7, 11) is 0. The van der Waals surface area contributed by atoms with Crippen LogP contribution in [0.5, 0.6) is 0 Å². The molecule has 3 aliphatic rings. The second kappa shape index (κ2) is 6.10. The molecule has 0 radical (unpaired) electrons. The first-order chi connectivity index (χ1) is 10.4. The van der Waals surface area contributed by atoms with Gasteiger partial charge in [0.1, 0.15) is 0 Å². The summed E-state index contributed by atoms with van der Waals surface area (Å²) in [5.41, 5.74) is 3.12. The zero-order valence-electron chi connectivity index (χ0n) is 13.1. The van der Waals surface area contributed by atoms with Crippen molar-refractivity contribution in [3.63, 3.8) is 0 Å². The SMILES string of the molecule is c1ccc2c(c1)CCNC2CN1CCCC1C1CCCC1. The highest BCUT2D eigenvalue weighted by Gasteiger charge is 2.34. The number of fused-ring (bicyclic) bond motifs is 1. The van der Waals surface area contributed by atoms with Gasteiger partial charge in [-0.15, -0.1) is 0 Å². The lowest BCUT2D eigenvalue weighted by Gasteiger charge is -2.35. The van der Waals surface area contributed by atoms with Gasteiger partial charge in [0.2, 0.25) is 0 Å². The summed E-state index contributed by atoms with van der Waals surface area (Å²) < 4.78 is 0. The van der Waals surface area contributed by atoms with E-state index in [1.54, 1.807) is 11.1 Å². The summed E-state index contributed by atoms with van der Waals surface area (Å²) in [5, 5.41) is 3.77. The highest BCUT2D eigenvalue weighted by Crippen LogP contribution is 2.36. The molecular formula is C19H28N2. The molecule has 2 aliphatic heterocycles. The van der Waals surface area contributed by atoms with E-state index in [1.807, 2.05) is 0 Å². The molecule has 1 aliphatic carbocycles. The van der Waals surface area contributed by atoms with Crippen molar-refractivity contribution in [3.05, 3.63) is 35.4 Å². The van der Waals surface area contributed by atoms with E-state index < -0.39 is 0 Å². The van der Waals surface area contributed by atoms with Crippen LogP contribution in [0.2, 0.25) is 0 Å². The van der Waals surface area contributed by atoms with Crippen molar-refractivity contribution < 1.29 is 0 Å². The van der Waals surface area contributed by atoms with Crippen LogP contribution in [0, 0.1) is 5.92 Å². The Morgan fingerprint density at radius 3 is 2.81 bits per heavy atom. The van der Waals surface area contributed by atoms with Gasteiger partial charge in [0.25, 0.3) is 0 Å². The van der Waals surface area contributed by atoms with Gasteiger partial charge >= 0.3 is 0 Å². The van der Waals surface area contributed by atoms with E-state index in [1.165, 1.54) is 58.0 Å². The second-order valence-electron chi connectivity index (χ2n) is 7.20. The molecule has 1 saturated heterocycles. The van der Waals surface area contributed by atoms with Crippen molar-refractivity contribution in [2.75, 3.05) is 19.6 Å². The smallest absolute Gasteiger partial charge is 0.0452 e. The molecule has 2 nitrogen and oxygen atoms in total. The molecule has 0 spiro atoms. The number of hydrogen-bond acceptors (Lipinski definition) is 2. The largest absolute Gasteiger partial charge is 0.309 e. The van der Waals surface area contributed by atoms with Gasteiger partial charge < -0.3 is 5.32 Å². The Labute approximate surface area is 128 Å². The van der Waals surface area contributed by atoms with Crippen LogP contribution < -0.4 is 5.32 Å². The van der Waals surface area contributed by atoms with E-state index in [-0.39, 0.29) is 0 Å². The summed E-state index contributed by atoms with van der Waals surface area (Å²) in [6.07, 6.45) is 9.96. The summed E-state index contributed by atoms with van der Waals surface area (Å²) in [6, 6.07) is 10.5. The van der Waals surface area contributed by atoms with E-state index in [9.17, 15) is 0 Å². The first-order valence-electron chi connectivity index (χ1n) is 8.97. The van der Waals surface area contributed by atoms with Crippen LogP contribution in [0.25, 0.3) is 0 Å². The minimum absolute atomic E-state index is 0.553. The maximum atomic E-state index is 3.77. The maximum absolute atomic E-state index is 3.77. The molecule has 114 valence electrons. The average molecular weight is 284 g/mol. The first-order valence-corrected chi connectivity index (χ1v) is 8.97. The fourth-order valence-electron chi connectivity index (χ4n) is 4.94. The highest BCUT2D eigenvalue weighted by atomic mass is 15.2. The van der Waals surface area contributed by atoms with Crippen LogP contribution >= 0.6 is 0 Å². The van der Waals surface area contributed by atoms with Crippen LogP contribution in [-0.2, 0) is 6.42 Å². The molecule has 0 aromatic heterocycles. The second-order valence-corrected chi connectivity index (χ2v) is 7.20. The highest BCUT2D eigenvalue weighted by molar-refractivity contribution is 5.32. The van der Waals surface area contributed by atoms with Crippen LogP contribution in [0.4, 0.5) is 0 Å². The molecule has 1 aromatic rings. The number of likely N-dealkylation sites (tertiary alicyclic amines) is 1. The Kier molecular flexibility index (Phi) is 4.00. The third-order valence-corrected chi connectivity index (χ3v) is 5.99. The van der Waals surface area contributed by atoms with Crippen molar-refractivity contribution in [3.8, 4) is 0 Å². The van der Waals surface area contributed by atoms with Crippen molar-refractivity contribution in [1.29, 1.82) is 0 Å². The van der Waals surface area contributed by atoms with Crippen LogP contribution in [0.1, 0.15) is 55.7 Å². The van der Waals surface area contributed by atoms with Gasteiger partial charge in [0.15, 0.2) is 0 Å². The van der Waals surface area contributed by atoms with Gasteiger partial charge in [0, 0.05) is 18.6 Å². The molecule has 1 saturated carbocycles. The molecular weight excluding hydrogens is 256 g/mol. The lowest BCUT2D eigenvalue weighted by Crippen LogP contribution is -2.43. The zero-order chi connectivity index (χ0) is 14.1. The van der Waals surface area contributed by atoms with Crippen LogP contribution in [-0.4, -0.2) is 30.6 Å². The quantitative estimate of drug-likeness (QED) is 0.913. The molecule has 21 heavy (non-hydrogen) atoms. The molecule has 2 atom stereocenters. The third-order valence-electron chi connectivity index (χ3n) is 5.99. The third kappa shape index (κ3) is 2.76. The molecule has 0 amide bonds. The van der Waals surface area contributed by atoms with Crippen LogP contribution in [0.15, 0.2) is 24.3 Å². The van der Waals surface area contributed by atoms with Gasteiger partial charge in [-0.2, -0.15) is 0 Å². The van der Waals surface area contributed by atoms with E-state index >= 15 is 0 Å². The Morgan fingerprint density at radius 2 is 1.90 bits per heavy atom. The Hall–Kier alpha value is -0.860. The number of rotatable bonds is 3. The lowest BCUT2D eigenvalue weighted by atomic mass is 9.92. The van der Waals surface area contributed by atoms with E-state index in [4.69, 9.17) is 0 Å². The minimum atomic E-state index is 0.553. The average Bonchev–Trinajstić information content (AvgIpc) is 3.18. The predicted octanol–water partition coefficient (Wildman–Crippen LogP) is 3.53. The van der Waals surface area contributed by atoms with Gasteiger partial charge in [-0.25, -0.2) is 0 Å². The minimum Gasteiger partial charge on any atom is -0.309 e. The normalized spacial score (nSPS) is 30.7. The molecule has 2 unspecified atom stereocenters. The molecule has 1 aromatic carbocycles. The number of hydrogen-bond donors (Lipinski definition) is 1. The first kappa shape index (κ1) is 13.8. The molecule has 2 fully saturated rings. The van der Waals surface area contributed by atoms with E-state index in [0.717, 1.165) is 18.5 Å². The molecule has 0 bridgehead atoms. The molecule has 2 heterocycles. The van der Waals surface area contributed by atoms with Gasteiger partial charge in [-0.3, -0.25) is 4.90 Å². The van der Waals surface area contributed by atoms with Crippen molar-refractivity contribution >= 4 is 0 Å². The van der Waals surface area contributed by atoms with E-state index in [2.05, 4.69) is 34.5 Å². The fourth-order valence-corrected chi connectivity index (χ4v) is 4.94. The number of nitrogens with one attached hydrogen (secondary N) is 1. The Bertz CT molecular complexity index is 478. The van der Waals surface area contributed by atoms with Gasteiger partial charge in [0.05, 0.1) is 0 Å². The molecule has 1 N–H and O–H groups in total. The van der Waals surface area contributed by atoms with Crippen molar-refractivity contribution in [1.82, 2.24) is 10.2 Å². The van der Waals surface area contributed by atoms with Crippen molar-refractivity contribution in [2.45, 2.75) is 57.0 Å². The van der Waals surface area contributed by atoms with Crippen LogP contribution in [0.3, 0.4) is 0 Å². The van der Waals surface area contributed by atoms with E-state index in [0.29, 0.717) is 6.04 Å². The zero-order valence-corrected chi connectivity index (χ0v) is 13.1. The Morgan fingerprint density at radius 1 is 1.05 bits per heavy atom. The topological polar surface area (TPSA) is 15.3 Å². The number of benzene rings is 1. The standard InChI is InChI=1S/C19H28N2/c1-2-8-16(7-1)19-10-5-13-21(19)14-18-17-9-4-3-6-15(17)11-12-20-18/h3-4,6,9,16,18-20H,1-2,5,7-8,10-14H2. The maximum Gasteiger partial charge on any atom is 0.0452 e. The summed E-state index contributed by atoms with van der Waals surface area (Å²) in [6.45, 7) is 3.68.